The maximum absolute atomic E-state index is 13.0. The van der Waals surface area contributed by atoms with Crippen LogP contribution in [-0.2, 0) is 14.8 Å². The number of nitro benzene ring substituents is 1. The van der Waals surface area contributed by atoms with Crippen LogP contribution in [0.2, 0.25) is 0 Å². The first-order valence-electron chi connectivity index (χ1n) is 9.07. The number of nitrogens with one attached hydrogen (secondary N) is 1. The summed E-state index contributed by atoms with van der Waals surface area (Å²) < 4.78 is 25.8. The zero-order valence-corrected chi connectivity index (χ0v) is 17.9. The van der Waals surface area contributed by atoms with Crippen LogP contribution in [0.1, 0.15) is 37.8 Å². The number of carbonyl (C=O) groups excluding carboxylic acids is 1. The summed E-state index contributed by atoms with van der Waals surface area (Å²) in [6, 6.07) is 9.75. The molecule has 1 N–H and O–H groups in total. The van der Waals surface area contributed by atoms with Crippen LogP contribution in [-0.4, -0.2) is 31.5 Å². The Kier molecular flexibility index (Phi) is 6.63. The highest BCUT2D eigenvalue weighted by atomic mass is 32.2. The molecule has 0 bridgehead atoms. The molecule has 29 heavy (non-hydrogen) atoms. The Hall–Kier alpha value is -2.94. The number of para-hydroxylation sites is 1. The molecule has 156 valence electrons. The smallest absolute Gasteiger partial charge is 0.271 e. The maximum Gasteiger partial charge on any atom is 0.271 e. The van der Waals surface area contributed by atoms with E-state index in [1.54, 1.807) is 0 Å². The summed E-state index contributed by atoms with van der Waals surface area (Å²) in [7, 11) is -3.88. The fraction of sp³-hybridized carbons (Fsp3) is 0.350. The van der Waals surface area contributed by atoms with Crippen molar-refractivity contribution in [2.24, 2.45) is 0 Å². The fourth-order valence-electron chi connectivity index (χ4n) is 3.12. The molecule has 0 fully saturated rings. The van der Waals surface area contributed by atoms with Crippen LogP contribution in [0.3, 0.4) is 0 Å². The Balaban J connectivity index is 2.44. The highest BCUT2D eigenvalue weighted by Crippen LogP contribution is 2.29. The minimum absolute atomic E-state index is 0.0539. The highest BCUT2D eigenvalue weighted by molar-refractivity contribution is 7.92. The lowest BCUT2D eigenvalue weighted by atomic mass is 9.98. The van der Waals surface area contributed by atoms with Gasteiger partial charge >= 0.3 is 0 Å². The van der Waals surface area contributed by atoms with E-state index in [1.165, 1.54) is 25.1 Å². The number of nitro groups is 1. The normalized spacial score (nSPS) is 12.5. The summed E-state index contributed by atoms with van der Waals surface area (Å²) in [5.74, 6) is -0.374. The Morgan fingerprint density at radius 1 is 1.14 bits per heavy atom. The lowest BCUT2D eigenvalue weighted by Crippen LogP contribution is -2.45. The monoisotopic (exact) mass is 419 g/mol. The number of hydrogen-bond donors (Lipinski definition) is 1. The standard InChI is InChI=1S/C20H25N3O5S/c1-13(2)18-11-6-8-14(3)19(18)21-20(24)15(4)22(29(5,27)28)16-9-7-10-17(12-16)23(25)26/h6-13,15H,1-5H3,(H,21,24)/t15-/m1/s1. The minimum atomic E-state index is -3.88. The molecular formula is C20H25N3O5S. The van der Waals surface area contributed by atoms with Crippen LogP contribution in [0.25, 0.3) is 0 Å². The topological polar surface area (TPSA) is 110 Å². The van der Waals surface area contributed by atoms with Gasteiger partial charge in [0.25, 0.3) is 5.69 Å². The third-order valence-electron chi connectivity index (χ3n) is 4.56. The zero-order valence-electron chi connectivity index (χ0n) is 17.0. The van der Waals surface area contributed by atoms with Crippen molar-refractivity contribution in [3.63, 3.8) is 0 Å². The predicted molar refractivity (Wildman–Crippen MR) is 114 cm³/mol. The Labute approximate surface area is 170 Å². The predicted octanol–water partition coefficient (Wildman–Crippen LogP) is 3.82. The number of amides is 1. The summed E-state index contributed by atoms with van der Waals surface area (Å²) in [6.07, 6.45) is 0.961. The Morgan fingerprint density at radius 2 is 1.76 bits per heavy atom. The molecule has 0 heterocycles. The number of benzene rings is 2. The van der Waals surface area contributed by atoms with Crippen LogP contribution in [0, 0.1) is 17.0 Å². The summed E-state index contributed by atoms with van der Waals surface area (Å²) in [4.78, 5) is 23.4. The van der Waals surface area contributed by atoms with Gasteiger partial charge in [-0.05, 0) is 37.0 Å². The van der Waals surface area contributed by atoms with Gasteiger partial charge in [0.05, 0.1) is 16.9 Å². The SMILES string of the molecule is Cc1cccc(C(C)C)c1NC(=O)[C@@H](C)N(c1cccc([N+](=O)[O-])c1)S(C)(=O)=O. The van der Waals surface area contributed by atoms with Crippen LogP contribution >= 0.6 is 0 Å². The van der Waals surface area contributed by atoms with Crippen LogP contribution in [0.5, 0.6) is 0 Å². The molecule has 2 rings (SSSR count). The zero-order chi connectivity index (χ0) is 21.9. The van der Waals surface area contributed by atoms with E-state index in [-0.39, 0.29) is 17.3 Å². The molecule has 2 aromatic rings. The lowest BCUT2D eigenvalue weighted by Gasteiger charge is -2.28. The Morgan fingerprint density at radius 3 is 2.31 bits per heavy atom. The van der Waals surface area contributed by atoms with Gasteiger partial charge in [0.1, 0.15) is 6.04 Å². The van der Waals surface area contributed by atoms with Crippen LogP contribution in [0.4, 0.5) is 17.1 Å². The molecule has 0 aromatic heterocycles. The number of rotatable bonds is 7. The van der Waals surface area contributed by atoms with E-state index in [4.69, 9.17) is 0 Å². The second-order valence-corrected chi connectivity index (χ2v) is 9.05. The molecule has 0 unspecified atom stereocenters. The van der Waals surface area contributed by atoms with Gasteiger partial charge in [-0.15, -0.1) is 0 Å². The molecule has 1 amide bonds. The van der Waals surface area contributed by atoms with Crippen molar-refractivity contribution in [1.82, 2.24) is 0 Å². The van der Waals surface area contributed by atoms with Crippen LogP contribution < -0.4 is 9.62 Å². The van der Waals surface area contributed by atoms with E-state index >= 15 is 0 Å². The van der Waals surface area contributed by atoms with Crippen molar-refractivity contribution in [2.75, 3.05) is 15.9 Å². The van der Waals surface area contributed by atoms with Gasteiger partial charge in [0.2, 0.25) is 15.9 Å². The summed E-state index contributed by atoms with van der Waals surface area (Å²) in [6.45, 7) is 7.31. The molecule has 0 spiro atoms. The first-order valence-corrected chi connectivity index (χ1v) is 10.9. The molecule has 0 aliphatic carbocycles. The second-order valence-electron chi connectivity index (χ2n) is 7.19. The largest absolute Gasteiger partial charge is 0.324 e. The number of nitrogens with zero attached hydrogens (tertiary/aromatic N) is 2. The third-order valence-corrected chi connectivity index (χ3v) is 5.80. The van der Waals surface area contributed by atoms with E-state index in [1.807, 2.05) is 39.0 Å². The molecule has 0 aliphatic rings. The van der Waals surface area contributed by atoms with Gasteiger partial charge in [-0.1, -0.05) is 38.1 Å². The summed E-state index contributed by atoms with van der Waals surface area (Å²) in [5, 5.41) is 13.9. The molecule has 0 saturated carbocycles. The molecule has 0 radical (unpaired) electrons. The number of anilines is 2. The van der Waals surface area contributed by atoms with E-state index in [2.05, 4.69) is 5.32 Å². The number of carbonyl (C=O) groups is 1. The van der Waals surface area contributed by atoms with Gasteiger partial charge in [0.15, 0.2) is 0 Å². The van der Waals surface area contributed by atoms with Crippen molar-refractivity contribution in [3.8, 4) is 0 Å². The van der Waals surface area contributed by atoms with Gasteiger partial charge < -0.3 is 5.32 Å². The summed E-state index contributed by atoms with van der Waals surface area (Å²) in [5.41, 5.74) is 2.24. The molecule has 0 saturated heterocycles. The van der Waals surface area contributed by atoms with E-state index in [0.717, 1.165) is 27.8 Å². The van der Waals surface area contributed by atoms with E-state index < -0.39 is 26.9 Å². The fourth-order valence-corrected chi connectivity index (χ4v) is 4.29. The first kappa shape index (κ1) is 22.4. The van der Waals surface area contributed by atoms with Gasteiger partial charge in [-0.3, -0.25) is 19.2 Å². The van der Waals surface area contributed by atoms with Crippen molar-refractivity contribution in [3.05, 3.63) is 63.7 Å². The minimum Gasteiger partial charge on any atom is -0.324 e. The van der Waals surface area contributed by atoms with E-state index in [9.17, 15) is 23.3 Å². The van der Waals surface area contributed by atoms with Gasteiger partial charge in [-0.2, -0.15) is 0 Å². The summed E-state index contributed by atoms with van der Waals surface area (Å²) >= 11 is 0. The number of hydrogen-bond acceptors (Lipinski definition) is 5. The molecule has 8 nitrogen and oxygen atoms in total. The maximum atomic E-state index is 13.0. The average molecular weight is 420 g/mol. The molecule has 0 aliphatic heterocycles. The molecule has 9 heteroatoms. The highest BCUT2D eigenvalue weighted by Gasteiger charge is 2.30. The number of non-ortho nitro benzene ring substituents is 1. The van der Waals surface area contributed by atoms with Gasteiger partial charge in [0, 0.05) is 17.8 Å². The lowest BCUT2D eigenvalue weighted by molar-refractivity contribution is -0.384. The second kappa shape index (κ2) is 8.60. The van der Waals surface area contributed by atoms with Crippen molar-refractivity contribution in [1.29, 1.82) is 0 Å². The van der Waals surface area contributed by atoms with Crippen molar-refractivity contribution in [2.45, 2.75) is 39.7 Å². The first-order chi connectivity index (χ1) is 13.4. The number of aryl methyl sites for hydroxylation is 1. The number of sulfonamides is 1. The Bertz CT molecular complexity index is 1030. The van der Waals surface area contributed by atoms with Crippen molar-refractivity contribution >= 4 is 33.0 Å². The van der Waals surface area contributed by atoms with Gasteiger partial charge in [-0.25, -0.2) is 8.42 Å². The molecule has 2 aromatic carbocycles. The molecular weight excluding hydrogens is 394 g/mol. The van der Waals surface area contributed by atoms with Crippen LogP contribution in [0.15, 0.2) is 42.5 Å². The molecule has 1 atom stereocenters. The van der Waals surface area contributed by atoms with Crippen molar-refractivity contribution < 1.29 is 18.1 Å². The third kappa shape index (κ3) is 5.11. The quantitative estimate of drug-likeness (QED) is 0.542. The average Bonchev–Trinajstić information content (AvgIpc) is 2.62. The van der Waals surface area contributed by atoms with E-state index in [0.29, 0.717) is 5.69 Å².